The Labute approximate surface area is 57.7 Å². The van der Waals surface area contributed by atoms with Gasteiger partial charge in [-0.15, -0.1) is 0 Å². The van der Waals surface area contributed by atoms with E-state index in [9.17, 15) is 0 Å². The molecule has 0 aliphatic rings. The van der Waals surface area contributed by atoms with E-state index in [1.807, 2.05) is 0 Å². The van der Waals surface area contributed by atoms with Crippen molar-refractivity contribution in [1.29, 1.82) is 0 Å². The zero-order valence-corrected chi connectivity index (χ0v) is 6.50. The third kappa shape index (κ3) is 7.12. The Morgan fingerprint density at radius 3 is 1.89 bits per heavy atom. The van der Waals surface area contributed by atoms with E-state index >= 15 is 0 Å². The first-order chi connectivity index (χ1) is 4.06. The monoisotopic (exact) mass is 120 g/mol. The van der Waals surface area contributed by atoms with E-state index in [4.69, 9.17) is 0 Å². The average molecular weight is 120 g/mol. The quantitative estimate of drug-likeness (QED) is 0.429. The zero-order valence-electron chi connectivity index (χ0n) is 6.50. The Bertz CT molecular complexity index is 182. The zero-order chi connectivity index (χ0) is 7.33. The standard InChI is InChI=1S/C9H12/c1-5-6-7-8-9(2,3)4/h1-4H3. The van der Waals surface area contributed by atoms with Crippen LogP contribution in [-0.2, 0) is 0 Å². The summed E-state index contributed by atoms with van der Waals surface area (Å²) < 4.78 is 0. The average Bonchev–Trinajstić information content (AvgIpc) is 1.63. The van der Waals surface area contributed by atoms with Crippen molar-refractivity contribution in [2.24, 2.45) is 5.41 Å². The Hall–Kier alpha value is -0.880. The molecule has 0 radical (unpaired) electrons. The summed E-state index contributed by atoms with van der Waals surface area (Å²) in [6.07, 6.45) is 0. The minimum atomic E-state index is 0.0872. The molecule has 0 heteroatoms. The summed E-state index contributed by atoms with van der Waals surface area (Å²) >= 11 is 0. The maximum atomic E-state index is 3.00. The Morgan fingerprint density at radius 1 is 1.00 bits per heavy atom. The SMILES string of the molecule is CC#CC#CC(C)(C)C. The summed E-state index contributed by atoms with van der Waals surface area (Å²) in [5.74, 6) is 11.2. The third-order valence-corrected chi connectivity index (χ3v) is 0.625. The maximum absolute atomic E-state index is 3.00. The summed E-state index contributed by atoms with van der Waals surface area (Å²) in [5.41, 5.74) is 0.0872. The fraction of sp³-hybridized carbons (Fsp3) is 0.556. The van der Waals surface area contributed by atoms with Crippen LogP contribution in [0, 0.1) is 29.1 Å². The van der Waals surface area contributed by atoms with Crippen molar-refractivity contribution in [3.8, 4) is 23.7 Å². The molecule has 9 heavy (non-hydrogen) atoms. The fourth-order valence-electron chi connectivity index (χ4n) is 0.281. The molecule has 0 heterocycles. The van der Waals surface area contributed by atoms with Crippen LogP contribution in [0.5, 0.6) is 0 Å². The molecule has 0 aromatic rings. The highest BCUT2D eigenvalue weighted by Gasteiger charge is 2.02. The van der Waals surface area contributed by atoms with Crippen molar-refractivity contribution in [2.75, 3.05) is 0 Å². The molecule has 48 valence electrons. The van der Waals surface area contributed by atoms with Gasteiger partial charge in [0, 0.05) is 5.41 Å². The van der Waals surface area contributed by atoms with Crippen molar-refractivity contribution in [3.05, 3.63) is 0 Å². The predicted molar refractivity (Wildman–Crippen MR) is 40.7 cm³/mol. The van der Waals surface area contributed by atoms with Crippen LogP contribution in [0.1, 0.15) is 27.7 Å². The molecule has 0 fully saturated rings. The number of hydrogen-bond acceptors (Lipinski definition) is 0. The topological polar surface area (TPSA) is 0 Å². The van der Waals surface area contributed by atoms with E-state index in [0.717, 1.165) is 0 Å². The van der Waals surface area contributed by atoms with Crippen LogP contribution >= 0.6 is 0 Å². The van der Waals surface area contributed by atoms with Gasteiger partial charge in [-0.05, 0) is 39.5 Å². The van der Waals surface area contributed by atoms with Crippen LogP contribution < -0.4 is 0 Å². The van der Waals surface area contributed by atoms with Gasteiger partial charge < -0.3 is 0 Å². The van der Waals surface area contributed by atoms with Crippen LogP contribution in [0.3, 0.4) is 0 Å². The summed E-state index contributed by atoms with van der Waals surface area (Å²) in [6.45, 7) is 7.99. The lowest BCUT2D eigenvalue weighted by atomic mass is 9.98. The first kappa shape index (κ1) is 8.12. The highest BCUT2D eigenvalue weighted by Crippen LogP contribution is 2.09. The van der Waals surface area contributed by atoms with E-state index < -0.39 is 0 Å². The first-order valence-electron chi connectivity index (χ1n) is 3.00. The lowest BCUT2D eigenvalue weighted by Crippen LogP contribution is -1.98. The van der Waals surface area contributed by atoms with E-state index in [2.05, 4.69) is 44.5 Å². The van der Waals surface area contributed by atoms with Gasteiger partial charge in [0.05, 0.1) is 0 Å². The Balaban J connectivity index is 3.99. The lowest BCUT2D eigenvalue weighted by molar-refractivity contribution is 0.571. The van der Waals surface area contributed by atoms with Crippen molar-refractivity contribution < 1.29 is 0 Å². The number of hydrogen-bond donors (Lipinski definition) is 0. The van der Waals surface area contributed by atoms with Gasteiger partial charge in [-0.2, -0.15) is 0 Å². The largest absolute Gasteiger partial charge is 0.0925 e. The summed E-state index contributed by atoms with van der Waals surface area (Å²) in [5, 5.41) is 0. The van der Waals surface area contributed by atoms with Gasteiger partial charge in [0.15, 0.2) is 0 Å². The third-order valence-electron chi connectivity index (χ3n) is 0.625. The molecule has 0 unspecified atom stereocenters. The van der Waals surface area contributed by atoms with E-state index in [1.54, 1.807) is 6.92 Å². The van der Waals surface area contributed by atoms with E-state index in [-0.39, 0.29) is 5.41 Å². The van der Waals surface area contributed by atoms with Crippen molar-refractivity contribution in [1.82, 2.24) is 0 Å². The molecule has 0 bridgehead atoms. The number of rotatable bonds is 0. The van der Waals surface area contributed by atoms with Crippen LogP contribution in [0.4, 0.5) is 0 Å². The second kappa shape index (κ2) is 3.21. The Kier molecular flexibility index (Phi) is 2.89. The highest BCUT2D eigenvalue weighted by atomic mass is 14.0. The molecular weight excluding hydrogens is 108 g/mol. The molecule has 0 atom stereocenters. The molecule has 0 aromatic heterocycles. The molecule has 0 aliphatic carbocycles. The minimum absolute atomic E-state index is 0.0872. The predicted octanol–water partition coefficient (Wildman–Crippen LogP) is 2.06. The van der Waals surface area contributed by atoms with Gasteiger partial charge in [0.2, 0.25) is 0 Å². The molecular formula is C9H12. The van der Waals surface area contributed by atoms with Gasteiger partial charge in [0.25, 0.3) is 0 Å². The van der Waals surface area contributed by atoms with Crippen LogP contribution in [0.25, 0.3) is 0 Å². The summed E-state index contributed by atoms with van der Waals surface area (Å²) in [7, 11) is 0. The molecule has 0 nitrogen and oxygen atoms in total. The first-order valence-corrected chi connectivity index (χ1v) is 3.00. The maximum Gasteiger partial charge on any atom is 0.0240 e. The molecule has 0 N–H and O–H groups in total. The van der Waals surface area contributed by atoms with E-state index in [1.165, 1.54) is 0 Å². The molecule has 0 aromatic carbocycles. The second-order valence-corrected chi connectivity index (χ2v) is 2.88. The van der Waals surface area contributed by atoms with Gasteiger partial charge in [-0.1, -0.05) is 11.8 Å². The Morgan fingerprint density at radius 2 is 1.56 bits per heavy atom. The van der Waals surface area contributed by atoms with Crippen LogP contribution in [0.2, 0.25) is 0 Å². The van der Waals surface area contributed by atoms with Gasteiger partial charge in [-0.3, -0.25) is 0 Å². The fourth-order valence-corrected chi connectivity index (χ4v) is 0.281. The van der Waals surface area contributed by atoms with Crippen LogP contribution in [0.15, 0.2) is 0 Å². The lowest BCUT2D eigenvalue weighted by Gasteiger charge is -2.05. The van der Waals surface area contributed by atoms with Gasteiger partial charge in [0.1, 0.15) is 0 Å². The normalized spacial score (nSPS) is 8.44. The van der Waals surface area contributed by atoms with Crippen molar-refractivity contribution in [2.45, 2.75) is 27.7 Å². The smallest absolute Gasteiger partial charge is 0.0240 e. The highest BCUT2D eigenvalue weighted by molar-refractivity contribution is 5.27. The molecule has 0 saturated carbocycles. The molecule has 0 aliphatic heterocycles. The molecule has 0 saturated heterocycles. The van der Waals surface area contributed by atoms with E-state index in [0.29, 0.717) is 0 Å². The van der Waals surface area contributed by atoms with Crippen molar-refractivity contribution >= 4 is 0 Å². The van der Waals surface area contributed by atoms with Crippen LogP contribution in [-0.4, -0.2) is 0 Å². The van der Waals surface area contributed by atoms with Crippen molar-refractivity contribution in [3.63, 3.8) is 0 Å². The summed E-state index contributed by atoms with van der Waals surface area (Å²) in [4.78, 5) is 0. The minimum Gasteiger partial charge on any atom is -0.0925 e. The molecule has 0 amide bonds. The molecule has 0 spiro atoms. The van der Waals surface area contributed by atoms with Gasteiger partial charge in [-0.25, -0.2) is 0 Å². The second-order valence-electron chi connectivity index (χ2n) is 2.88. The summed E-state index contributed by atoms with van der Waals surface area (Å²) in [6, 6.07) is 0. The van der Waals surface area contributed by atoms with Gasteiger partial charge >= 0.3 is 0 Å². The molecule has 0 rings (SSSR count).